The van der Waals surface area contributed by atoms with Crippen molar-refractivity contribution in [3.8, 4) is 45.5 Å². The molecule has 9 aromatic rings. The van der Waals surface area contributed by atoms with Crippen LogP contribution in [0.5, 0.6) is 23.0 Å². The van der Waals surface area contributed by atoms with Crippen LogP contribution in [-0.4, -0.2) is 86.1 Å². The van der Waals surface area contributed by atoms with Crippen LogP contribution in [0.25, 0.3) is 44.3 Å². The molecule has 0 amide bonds. The number of nitrogens with two attached hydrogens (primary N) is 1. The molecule has 0 aliphatic carbocycles. The predicted molar refractivity (Wildman–Crippen MR) is 293 cm³/mol. The topological polar surface area (TPSA) is 194 Å². The fraction of sp³-hybridized carbons (Fsp3) is 0.258. The summed E-state index contributed by atoms with van der Waals surface area (Å²) in [5.74, 6) is -1.38. The van der Waals surface area contributed by atoms with E-state index in [4.69, 9.17) is 24.7 Å². The van der Waals surface area contributed by atoms with Crippen LogP contribution in [0.2, 0.25) is 0 Å². The highest BCUT2D eigenvalue weighted by atomic mass is 19.4. The van der Waals surface area contributed by atoms with E-state index in [-0.39, 0.29) is 58.4 Å². The van der Waals surface area contributed by atoms with Gasteiger partial charge in [-0.1, -0.05) is 12.1 Å². The molecular formula is C62H52F8N6O8. The van der Waals surface area contributed by atoms with Crippen LogP contribution in [0.3, 0.4) is 0 Å². The predicted octanol–water partition coefficient (Wildman–Crippen LogP) is 12.2. The molecule has 4 aromatic carbocycles. The summed E-state index contributed by atoms with van der Waals surface area (Å²) in [5, 5.41) is 23.8. The summed E-state index contributed by atoms with van der Waals surface area (Å²) in [7, 11) is 2.80. The van der Waals surface area contributed by atoms with Gasteiger partial charge in [-0.15, -0.1) is 0 Å². The smallest absolute Gasteiger partial charge is 0.422 e. The van der Waals surface area contributed by atoms with E-state index in [1.807, 2.05) is 0 Å². The minimum atomic E-state index is -5.21. The highest BCUT2D eigenvalue weighted by molar-refractivity contribution is 6.02. The Labute approximate surface area is 474 Å². The molecule has 0 saturated heterocycles. The molecule has 2 aliphatic rings. The standard InChI is InChI=1S/C33H27F4N3O4.C29H25F4N3O4/c1-31(40-14-3-4-15-40)19-44-30-24(31)18-27(39-29(30)20-7-9-23(34)10-8-20)32(42,33(35,36)37)12-11-25(41)22-16-21-6-5-13-38-28(21)26(17-22)43-2;1-27(34)15-40-26-20(27)14-23(36-25(26)16-5-7-19(30)8-6-16)28(38,29(31,32)33)10-9-21(37)18-12-17-4-3-11-35-24(17)22(13-18)39-2/h3-10,13-18,42H,11-12,19H2,1-2H3;3-8,11-14,38H,9-10,15,34H2,1-2H3/t31-,32-;27-,28-/m00/s1. The van der Waals surface area contributed by atoms with Crippen molar-refractivity contribution in [3.63, 3.8) is 0 Å². The molecule has 0 spiro atoms. The summed E-state index contributed by atoms with van der Waals surface area (Å²) in [4.78, 5) is 43.3. The molecule has 7 heterocycles. The summed E-state index contributed by atoms with van der Waals surface area (Å²) in [6.07, 6.45) is -7.10. The fourth-order valence-corrected chi connectivity index (χ4v) is 10.3. The molecule has 434 valence electrons. The van der Waals surface area contributed by atoms with Gasteiger partial charge in [0, 0.05) is 81.8 Å². The fourth-order valence-electron chi connectivity index (χ4n) is 10.3. The minimum absolute atomic E-state index is 0.0224. The van der Waals surface area contributed by atoms with Crippen molar-refractivity contribution in [1.82, 2.24) is 24.5 Å². The van der Waals surface area contributed by atoms with Crippen LogP contribution in [-0.2, 0) is 22.3 Å². The van der Waals surface area contributed by atoms with E-state index in [1.165, 1.54) is 68.8 Å². The van der Waals surface area contributed by atoms with Crippen LogP contribution in [0.4, 0.5) is 35.1 Å². The molecule has 2 aliphatic heterocycles. The average Bonchev–Trinajstić information content (AvgIpc) is 4.38. The molecule has 0 bridgehead atoms. The molecule has 0 fully saturated rings. The molecule has 11 rings (SSSR count). The second-order valence-corrected chi connectivity index (χ2v) is 20.9. The lowest BCUT2D eigenvalue weighted by atomic mass is 9.85. The summed E-state index contributed by atoms with van der Waals surface area (Å²) in [6.45, 7) is 3.42. The Morgan fingerprint density at radius 2 is 1.02 bits per heavy atom. The number of alkyl halides is 6. The van der Waals surface area contributed by atoms with Crippen LogP contribution < -0.4 is 24.7 Å². The number of carbonyl (C=O) groups excluding carboxylic acids is 2. The zero-order chi connectivity index (χ0) is 60.1. The van der Waals surface area contributed by atoms with Crippen molar-refractivity contribution in [1.29, 1.82) is 0 Å². The number of pyridine rings is 4. The zero-order valence-electron chi connectivity index (χ0n) is 45.3. The van der Waals surface area contributed by atoms with E-state index in [1.54, 1.807) is 79.6 Å². The third-order valence-electron chi connectivity index (χ3n) is 15.2. The molecule has 22 heteroatoms. The van der Waals surface area contributed by atoms with Crippen LogP contribution >= 0.6 is 0 Å². The monoisotopic (exact) mass is 1160 g/mol. The first kappa shape index (κ1) is 58.3. The van der Waals surface area contributed by atoms with E-state index in [9.17, 15) is 54.9 Å². The Balaban J connectivity index is 0.000000188. The van der Waals surface area contributed by atoms with Gasteiger partial charge >= 0.3 is 12.4 Å². The molecule has 14 nitrogen and oxygen atoms in total. The van der Waals surface area contributed by atoms with Gasteiger partial charge in [0.25, 0.3) is 0 Å². The van der Waals surface area contributed by atoms with E-state index >= 15 is 0 Å². The highest BCUT2D eigenvalue weighted by Gasteiger charge is 2.58. The molecule has 0 radical (unpaired) electrons. The lowest BCUT2D eigenvalue weighted by Gasteiger charge is -2.32. The maximum atomic E-state index is 14.9. The number of ketones is 2. The number of hydrogen-bond donors (Lipinski definition) is 3. The van der Waals surface area contributed by atoms with Gasteiger partial charge in [-0.2, -0.15) is 26.3 Å². The lowest BCUT2D eigenvalue weighted by molar-refractivity contribution is -0.270. The maximum Gasteiger partial charge on any atom is 0.422 e. The lowest BCUT2D eigenvalue weighted by Crippen LogP contribution is -2.44. The van der Waals surface area contributed by atoms with Crippen LogP contribution in [0, 0.1) is 11.6 Å². The van der Waals surface area contributed by atoms with Crippen molar-refractivity contribution in [2.75, 3.05) is 27.4 Å². The first-order valence-corrected chi connectivity index (χ1v) is 26.1. The van der Waals surface area contributed by atoms with Crippen molar-refractivity contribution in [2.24, 2.45) is 5.73 Å². The van der Waals surface area contributed by atoms with Gasteiger partial charge in [0.15, 0.2) is 23.1 Å². The Hall–Kier alpha value is -8.86. The van der Waals surface area contributed by atoms with Crippen molar-refractivity contribution >= 4 is 33.4 Å². The third kappa shape index (κ3) is 10.8. The number of methoxy groups -OCH3 is 2. The van der Waals surface area contributed by atoms with E-state index in [0.717, 1.165) is 30.3 Å². The minimum Gasteiger partial charge on any atom is -0.494 e. The second kappa shape index (κ2) is 22.0. The second-order valence-electron chi connectivity index (χ2n) is 20.9. The van der Waals surface area contributed by atoms with Gasteiger partial charge < -0.3 is 39.5 Å². The SMILES string of the molecule is COc1cc(C(=O)CC[C@](O)(c2cc3c(c(-c4ccc(F)cc4)n2)OC[C@]3(C)N)C(F)(F)F)cc2cccnc12.COc1cc(C(=O)CC[C@](O)(c2cc3c(c(-c4ccc(F)cc4)n2)OC[C@]3(C)n2cccc2)C(F)(F)F)cc2cccnc12. The Kier molecular flexibility index (Phi) is 15.3. The molecule has 4 N–H and O–H groups in total. The molecule has 84 heavy (non-hydrogen) atoms. The Bertz CT molecular complexity index is 3980. The summed E-state index contributed by atoms with van der Waals surface area (Å²) < 4.78 is 140. The number of rotatable bonds is 15. The quantitative estimate of drug-likeness (QED) is 0.0649. The summed E-state index contributed by atoms with van der Waals surface area (Å²) in [5.41, 5.74) is -1.90. The zero-order valence-corrected chi connectivity index (χ0v) is 45.3. The first-order valence-electron chi connectivity index (χ1n) is 26.1. The van der Waals surface area contributed by atoms with Gasteiger partial charge in [-0.05, 0) is 136 Å². The van der Waals surface area contributed by atoms with Gasteiger partial charge in [0.05, 0.1) is 31.1 Å². The van der Waals surface area contributed by atoms with E-state index in [2.05, 4.69) is 19.9 Å². The number of nitrogens with zero attached hydrogens (tertiary/aromatic N) is 5. The third-order valence-corrected chi connectivity index (χ3v) is 15.2. The van der Waals surface area contributed by atoms with Gasteiger partial charge in [-0.3, -0.25) is 19.6 Å². The number of aromatic nitrogens is 5. The Morgan fingerprint density at radius 3 is 1.45 bits per heavy atom. The van der Waals surface area contributed by atoms with Crippen molar-refractivity contribution in [2.45, 2.75) is 74.2 Å². The first-order chi connectivity index (χ1) is 39.8. The van der Waals surface area contributed by atoms with E-state index < -0.39 is 94.9 Å². The average molecular weight is 1160 g/mol. The summed E-state index contributed by atoms with van der Waals surface area (Å²) in [6, 6.07) is 28.5. The molecule has 4 atom stereocenters. The number of aliphatic hydroxyl groups is 2. The summed E-state index contributed by atoms with van der Waals surface area (Å²) >= 11 is 0. The Morgan fingerprint density at radius 1 is 0.607 bits per heavy atom. The molecule has 5 aromatic heterocycles. The van der Waals surface area contributed by atoms with Crippen LogP contribution in [0.1, 0.15) is 82.8 Å². The van der Waals surface area contributed by atoms with Gasteiger partial charge in [0.1, 0.15) is 64.3 Å². The van der Waals surface area contributed by atoms with E-state index in [0.29, 0.717) is 44.4 Å². The van der Waals surface area contributed by atoms with Gasteiger partial charge in [-0.25, -0.2) is 18.7 Å². The van der Waals surface area contributed by atoms with Crippen LogP contribution in [0.15, 0.2) is 146 Å². The number of benzene rings is 4. The van der Waals surface area contributed by atoms with Crippen molar-refractivity contribution in [3.05, 3.63) is 191 Å². The maximum absolute atomic E-state index is 14.9. The molecule has 0 unspecified atom stereocenters. The number of fused-ring (bicyclic) bond motifs is 4. The van der Waals surface area contributed by atoms with Gasteiger partial charge in [0.2, 0.25) is 11.2 Å². The number of ether oxygens (including phenoxy) is 4. The number of carbonyl (C=O) groups is 2. The number of Topliss-reactive ketones (excluding diaryl/α,β-unsaturated/α-hetero) is 2. The normalized spacial score (nSPS) is 17.9. The molecular weight excluding hydrogens is 1110 g/mol. The number of halogens is 8. The van der Waals surface area contributed by atoms with Crippen molar-refractivity contribution < 1.29 is 73.9 Å². The highest BCUT2D eigenvalue weighted by Crippen LogP contribution is 2.51. The number of hydrogen-bond acceptors (Lipinski definition) is 13. The largest absolute Gasteiger partial charge is 0.494 e. The molecule has 0 saturated carbocycles.